The number of ketones is 1. The Morgan fingerprint density at radius 3 is 2.92 bits per heavy atom. The predicted molar refractivity (Wildman–Crippen MR) is 36.1 cm³/mol. The van der Waals surface area contributed by atoms with Gasteiger partial charge in [0.1, 0.15) is 5.76 Å². The van der Waals surface area contributed by atoms with Crippen molar-refractivity contribution in [2.75, 3.05) is 0 Å². The van der Waals surface area contributed by atoms with Crippen LogP contribution in [0.25, 0.3) is 0 Å². The number of hydrogen-bond acceptors (Lipinski definition) is 4. The van der Waals surface area contributed by atoms with Crippen molar-refractivity contribution in [3.63, 3.8) is 0 Å². The van der Waals surface area contributed by atoms with E-state index in [0.717, 1.165) is 0 Å². The Morgan fingerprint density at radius 1 is 1.50 bits per heavy atom. The molecule has 0 radical (unpaired) electrons. The molecule has 0 bridgehead atoms. The van der Waals surface area contributed by atoms with Crippen LogP contribution in [-0.4, -0.2) is 22.0 Å². The van der Waals surface area contributed by atoms with Crippen LogP contribution in [0.2, 0.25) is 0 Å². The van der Waals surface area contributed by atoms with Gasteiger partial charge in [-0.05, 0) is 0 Å². The molecule has 0 saturated carbocycles. The number of hydrogen-bond donors (Lipinski definition) is 1. The van der Waals surface area contributed by atoms with E-state index in [9.17, 15) is 9.59 Å². The van der Waals surface area contributed by atoms with Gasteiger partial charge in [-0.25, -0.2) is 4.79 Å². The summed E-state index contributed by atoms with van der Waals surface area (Å²) in [6.45, 7) is 0. The summed E-state index contributed by atoms with van der Waals surface area (Å²) in [5.74, 6) is -1.00. The van der Waals surface area contributed by atoms with Gasteiger partial charge in [0.2, 0.25) is 5.69 Å². The Balaban J connectivity index is 2.60. The maximum atomic E-state index is 11.1. The van der Waals surface area contributed by atoms with Crippen LogP contribution in [0, 0.1) is 0 Å². The van der Waals surface area contributed by atoms with Gasteiger partial charge >= 0.3 is 5.97 Å². The molecule has 1 aromatic rings. The van der Waals surface area contributed by atoms with Gasteiger partial charge in [-0.2, -0.15) is 0 Å². The number of aromatic nitrogens is 1. The Bertz CT molecular complexity index is 365. The summed E-state index contributed by atoms with van der Waals surface area (Å²) in [7, 11) is 0. The molecule has 5 heteroatoms. The fraction of sp³-hybridized carbons (Fsp3) is 0.286. The van der Waals surface area contributed by atoms with Gasteiger partial charge in [-0.15, -0.1) is 0 Å². The van der Waals surface area contributed by atoms with Crippen molar-refractivity contribution in [3.8, 4) is 0 Å². The van der Waals surface area contributed by atoms with Gasteiger partial charge in [0, 0.05) is 12.8 Å². The predicted octanol–water partition coefficient (Wildman–Crippen LogP) is 0.502. The van der Waals surface area contributed by atoms with Crippen LogP contribution in [0.1, 0.15) is 33.0 Å². The number of carboxylic acids is 1. The maximum absolute atomic E-state index is 11.1. The zero-order valence-electron chi connectivity index (χ0n) is 6.03. The molecule has 0 unspecified atom stereocenters. The number of nitrogens with zero attached hydrogens (tertiary/aromatic N) is 1. The fourth-order valence-electron chi connectivity index (χ4n) is 1.28. The number of Topliss-reactive ketones (excluding diaryl/α,β-unsaturated/α-hetero) is 1. The van der Waals surface area contributed by atoms with Crippen LogP contribution < -0.4 is 0 Å². The molecule has 1 heterocycles. The molecular formula is C7H5NO4. The molecule has 0 fully saturated rings. The van der Waals surface area contributed by atoms with E-state index in [4.69, 9.17) is 5.11 Å². The monoisotopic (exact) mass is 167 g/mol. The number of fused-ring (bicyclic) bond motifs is 1. The summed E-state index contributed by atoms with van der Waals surface area (Å²) in [6, 6.07) is 0. The highest BCUT2D eigenvalue weighted by Crippen LogP contribution is 2.24. The van der Waals surface area contributed by atoms with Gasteiger partial charge in [-0.3, -0.25) is 4.79 Å². The Hall–Kier alpha value is -1.65. The number of aryl methyl sites for hydroxylation is 1. The Kier molecular flexibility index (Phi) is 1.27. The summed E-state index contributed by atoms with van der Waals surface area (Å²) < 4.78 is 4.69. The first kappa shape index (κ1) is 7.02. The molecule has 0 saturated heterocycles. The third-order valence-electron chi connectivity index (χ3n) is 1.82. The normalized spacial score (nSPS) is 14.8. The number of rotatable bonds is 1. The molecule has 0 spiro atoms. The minimum atomic E-state index is -1.21. The highest BCUT2D eigenvalue weighted by Gasteiger charge is 2.31. The van der Waals surface area contributed by atoms with E-state index in [1.807, 2.05) is 0 Å². The van der Waals surface area contributed by atoms with Crippen molar-refractivity contribution in [2.24, 2.45) is 0 Å². The van der Waals surface area contributed by atoms with Gasteiger partial charge in [0.25, 0.3) is 0 Å². The largest absolute Gasteiger partial charge is 0.476 e. The van der Waals surface area contributed by atoms with E-state index in [1.165, 1.54) is 0 Å². The van der Waals surface area contributed by atoms with Crippen LogP contribution in [0.3, 0.4) is 0 Å². The minimum Gasteiger partial charge on any atom is -0.476 e. The quantitative estimate of drug-likeness (QED) is 0.658. The first-order chi connectivity index (χ1) is 5.70. The lowest BCUT2D eigenvalue weighted by atomic mass is 10.2. The second kappa shape index (κ2) is 2.17. The SMILES string of the molecule is O=C(O)c1noc2c1C(=O)CC2. The van der Waals surface area contributed by atoms with Crippen molar-refractivity contribution in [3.05, 3.63) is 17.0 Å². The zero-order valence-corrected chi connectivity index (χ0v) is 6.03. The second-order valence-electron chi connectivity index (χ2n) is 2.56. The first-order valence-electron chi connectivity index (χ1n) is 3.45. The van der Waals surface area contributed by atoms with E-state index in [-0.39, 0.29) is 17.0 Å². The van der Waals surface area contributed by atoms with Crippen LogP contribution in [0.5, 0.6) is 0 Å². The third-order valence-corrected chi connectivity index (χ3v) is 1.82. The maximum Gasteiger partial charge on any atom is 0.358 e. The lowest BCUT2D eigenvalue weighted by Crippen LogP contribution is -2.04. The highest BCUT2D eigenvalue weighted by atomic mass is 16.5. The van der Waals surface area contributed by atoms with Gasteiger partial charge in [-0.1, -0.05) is 5.16 Å². The van der Waals surface area contributed by atoms with Crippen LogP contribution in [-0.2, 0) is 6.42 Å². The molecule has 62 valence electrons. The van der Waals surface area contributed by atoms with Crippen molar-refractivity contribution in [2.45, 2.75) is 12.8 Å². The minimum absolute atomic E-state index is 0.155. The molecule has 1 aliphatic carbocycles. The van der Waals surface area contributed by atoms with E-state index >= 15 is 0 Å². The van der Waals surface area contributed by atoms with Crippen molar-refractivity contribution in [1.29, 1.82) is 0 Å². The molecule has 5 nitrogen and oxygen atoms in total. The topological polar surface area (TPSA) is 80.4 Å². The molecule has 2 rings (SSSR count). The zero-order chi connectivity index (χ0) is 8.72. The summed E-state index contributed by atoms with van der Waals surface area (Å²) in [5.41, 5.74) is -0.102. The molecule has 0 atom stereocenters. The van der Waals surface area contributed by atoms with Crippen molar-refractivity contribution < 1.29 is 19.2 Å². The Labute approximate surface area is 67.0 Å². The Morgan fingerprint density at radius 2 is 2.25 bits per heavy atom. The number of carbonyl (C=O) groups excluding carboxylic acids is 1. The van der Waals surface area contributed by atoms with E-state index in [1.54, 1.807) is 0 Å². The second-order valence-corrected chi connectivity index (χ2v) is 2.56. The summed E-state index contributed by atoms with van der Waals surface area (Å²) in [4.78, 5) is 21.6. The first-order valence-corrected chi connectivity index (χ1v) is 3.45. The average molecular weight is 167 g/mol. The van der Waals surface area contributed by atoms with Crippen molar-refractivity contribution >= 4 is 11.8 Å². The molecule has 1 N–H and O–H groups in total. The van der Waals surface area contributed by atoms with Crippen LogP contribution in [0.15, 0.2) is 4.52 Å². The average Bonchev–Trinajstić information content (AvgIpc) is 2.53. The lowest BCUT2D eigenvalue weighted by molar-refractivity contribution is 0.0681. The third kappa shape index (κ3) is 0.761. The molecular weight excluding hydrogens is 162 g/mol. The van der Waals surface area contributed by atoms with E-state index < -0.39 is 5.97 Å². The summed E-state index contributed by atoms with van der Waals surface area (Å²) >= 11 is 0. The standard InChI is InChI=1S/C7H5NO4/c9-3-1-2-4-5(3)6(7(10)11)8-12-4/h1-2H2,(H,10,11). The fourth-order valence-corrected chi connectivity index (χ4v) is 1.28. The smallest absolute Gasteiger partial charge is 0.358 e. The van der Waals surface area contributed by atoms with Gasteiger partial charge in [0.05, 0.1) is 5.56 Å². The highest BCUT2D eigenvalue weighted by molar-refractivity contribution is 6.07. The molecule has 1 aromatic heterocycles. The van der Waals surface area contributed by atoms with Crippen molar-refractivity contribution in [1.82, 2.24) is 5.16 Å². The van der Waals surface area contributed by atoms with Crippen LogP contribution >= 0.6 is 0 Å². The van der Waals surface area contributed by atoms with Gasteiger partial charge in [0.15, 0.2) is 5.78 Å². The van der Waals surface area contributed by atoms with E-state index in [0.29, 0.717) is 18.6 Å². The van der Waals surface area contributed by atoms with Crippen LogP contribution in [0.4, 0.5) is 0 Å². The molecule has 1 aliphatic rings. The molecule has 0 amide bonds. The van der Waals surface area contributed by atoms with Gasteiger partial charge < -0.3 is 9.63 Å². The van der Waals surface area contributed by atoms with E-state index in [2.05, 4.69) is 9.68 Å². The lowest BCUT2D eigenvalue weighted by Gasteiger charge is -1.86. The summed E-state index contributed by atoms with van der Waals surface area (Å²) in [6.07, 6.45) is 0.797. The summed E-state index contributed by atoms with van der Waals surface area (Å²) in [5, 5.41) is 11.9. The molecule has 0 aliphatic heterocycles. The molecule has 0 aromatic carbocycles. The number of carboxylic acid groups (broad SMARTS) is 1. The molecule has 12 heavy (non-hydrogen) atoms. The number of aromatic carboxylic acids is 1. The number of carbonyl (C=O) groups is 2.